The van der Waals surface area contributed by atoms with Crippen molar-refractivity contribution in [2.75, 3.05) is 38.6 Å². The number of tetrazole rings is 1. The van der Waals surface area contributed by atoms with Crippen molar-refractivity contribution < 1.29 is 9.53 Å². The number of aromatic nitrogens is 4. The molecular weight excluding hydrogens is 442 g/mol. The minimum atomic E-state index is -0.185. The minimum absolute atomic E-state index is 0.185. The molecule has 0 spiro atoms. The molecule has 9 heteroatoms. The van der Waals surface area contributed by atoms with Crippen molar-refractivity contribution in [3.8, 4) is 17.1 Å². The monoisotopic (exact) mass is 477 g/mol. The summed E-state index contributed by atoms with van der Waals surface area (Å²) in [6.45, 7) is 5.89. The molecule has 0 aliphatic carbocycles. The highest BCUT2D eigenvalue weighted by Crippen LogP contribution is 2.23. The van der Waals surface area contributed by atoms with Crippen LogP contribution < -0.4 is 15.4 Å². The van der Waals surface area contributed by atoms with E-state index in [4.69, 9.17) is 4.74 Å². The summed E-state index contributed by atoms with van der Waals surface area (Å²) in [7, 11) is 3.49. The van der Waals surface area contributed by atoms with Crippen LogP contribution in [-0.4, -0.2) is 64.4 Å². The van der Waals surface area contributed by atoms with Gasteiger partial charge in [0.2, 0.25) is 0 Å². The Morgan fingerprint density at radius 2 is 2.00 bits per heavy atom. The zero-order chi connectivity index (χ0) is 24.6. The van der Waals surface area contributed by atoms with Crippen molar-refractivity contribution in [1.29, 1.82) is 0 Å². The molecule has 0 unspecified atom stereocenters. The third kappa shape index (κ3) is 6.79. The lowest BCUT2D eigenvalue weighted by Crippen LogP contribution is -2.42. The van der Waals surface area contributed by atoms with Crippen LogP contribution in [0.5, 0.6) is 5.75 Å². The van der Waals surface area contributed by atoms with Gasteiger partial charge in [0.1, 0.15) is 5.75 Å². The van der Waals surface area contributed by atoms with E-state index in [1.807, 2.05) is 24.3 Å². The standard InChI is InChI=1S/C26H35N7O2/c1-4-19-14-22(25-29-30-31-32(25)2)16-23(15-19)28-26(34)27-17-21-6-5-12-33(18-21)13-11-20-7-9-24(35-3)10-8-20/h7-10,14-16,21H,4-6,11-13,17-18H2,1-3H3,(H2,27,28,34)/t21-/m0/s1. The van der Waals surface area contributed by atoms with Crippen LogP contribution in [0.15, 0.2) is 42.5 Å². The van der Waals surface area contributed by atoms with Crippen molar-refractivity contribution in [2.24, 2.45) is 13.0 Å². The highest BCUT2D eigenvalue weighted by atomic mass is 16.5. The number of amides is 2. The second kappa shape index (κ2) is 11.8. The number of methoxy groups -OCH3 is 1. The van der Waals surface area contributed by atoms with E-state index in [0.717, 1.165) is 67.9 Å². The zero-order valence-corrected chi connectivity index (χ0v) is 20.8. The molecule has 1 saturated heterocycles. The van der Waals surface area contributed by atoms with E-state index in [-0.39, 0.29) is 6.03 Å². The summed E-state index contributed by atoms with van der Waals surface area (Å²) in [6, 6.07) is 14.1. The molecule has 186 valence electrons. The number of piperidine rings is 1. The molecule has 9 nitrogen and oxygen atoms in total. The smallest absolute Gasteiger partial charge is 0.319 e. The number of nitrogens with one attached hydrogen (secondary N) is 2. The zero-order valence-electron chi connectivity index (χ0n) is 20.8. The summed E-state index contributed by atoms with van der Waals surface area (Å²) in [6.07, 6.45) is 4.16. The van der Waals surface area contributed by atoms with Crippen LogP contribution in [0, 0.1) is 5.92 Å². The second-order valence-electron chi connectivity index (χ2n) is 9.14. The Labute approximate surface area is 206 Å². The van der Waals surface area contributed by atoms with Crippen molar-refractivity contribution in [2.45, 2.75) is 32.6 Å². The normalized spacial score (nSPS) is 16.1. The van der Waals surface area contributed by atoms with E-state index in [0.29, 0.717) is 18.3 Å². The molecule has 3 aromatic rings. The van der Waals surface area contributed by atoms with Gasteiger partial charge in [-0.3, -0.25) is 0 Å². The summed E-state index contributed by atoms with van der Waals surface area (Å²) in [5.74, 6) is 2.01. The fourth-order valence-corrected chi connectivity index (χ4v) is 4.58. The number of benzene rings is 2. The molecule has 2 heterocycles. The quantitative estimate of drug-likeness (QED) is 0.489. The molecule has 2 aromatic carbocycles. The van der Waals surface area contributed by atoms with Crippen LogP contribution in [0.3, 0.4) is 0 Å². The first-order chi connectivity index (χ1) is 17.0. The molecule has 1 atom stereocenters. The molecular formula is C26H35N7O2. The first-order valence-electron chi connectivity index (χ1n) is 12.3. The topological polar surface area (TPSA) is 97.2 Å². The van der Waals surface area contributed by atoms with E-state index in [9.17, 15) is 4.79 Å². The van der Waals surface area contributed by atoms with Crippen molar-refractivity contribution >= 4 is 11.7 Å². The SMILES string of the molecule is CCc1cc(NC(=O)NC[C@@H]2CCCN(CCc3ccc(OC)cc3)C2)cc(-c2nnnn2C)c1. The van der Waals surface area contributed by atoms with Crippen molar-refractivity contribution in [1.82, 2.24) is 30.4 Å². The molecule has 2 N–H and O–H groups in total. The number of nitrogens with zero attached hydrogens (tertiary/aromatic N) is 5. The largest absolute Gasteiger partial charge is 0.497 e. The molecule has 0 bridgehead atoms. The minimum Gasteiger partial charge on any atom is -0.497 e. The van der Waals surface area contributed by atoms with Crippen LogP contribution in [0.25, 0.3) is 11.4 Å². The Morgan fingerprint density at radius 1 is 1.17 bits per heavy atom. The van der Waals surface area contributed by atoms with Crippen LogP contribution >= 0.6 is 0 Å². The van der Waals surface area contributed by atoms with Gasteiger partial charge < -0.3 is 20.3 Å². The highest BCUT2D eigenvalue weighted by molar-refractivity contribution is 5.90. The summed E-state index contributed by atoms with van der Waals surface area (Å²) in [5.41, 5.74) is 4.05. The number of carbonyl (C=O) groups is 1. The average Bonchev–Trinajstić information content (AvgIpc) is 3.32. The molecule has 35 heavy (non-hydrogen) atoms. The predicted molar refractivity (Wildman–Crippen MR) is 136 cm³/mol. The first kappa shape index (κ1) is 24.7. The summed E-state index contributed by atoms with van der Waals surface area (Å²) in [4.78, 5) is 15.2. The van der Waals surface area contributed by atoms with E-state index < -0.39 is 0 Å². The first-order valence-corrected chi connectivity index (χ1v) is 12.3. The van der Waals surface area contributed by atoms with Gasteiger partial charge in [-0.2, -0.15) is 0 Å². The van der Waals surface area contributed by atoms with Gasteiger partial charge in [-0.05, 0) is 90.0 Å². The molecule has 1 aromatic heterocycles. The lowest BCUT2D eigenvalue weighted by atomic mass is 9.97. The van der Waals surface area contributed by atoms with Gasteiger partial charge in [0.25, 0.3) is 0 Å². The van der Waals surface area contributed by atoms with E-state index in [1.165, 1.54) is 5.56 Å². The lowest BCUT2D eigenvalue weighted by Gasteiger charge is -2.32. The molecule has 2 amide bonds. The number of urea groups is 1. The van der Waals surface area contributed by atoms with Gasteiger partial charge in [-0.25, -0.2) is 9.48 Å². The van der Waals surface area contributed by atoms with Crippen molar-refractivity contribution in [3.63, 3.8) is 0 Å². The van der Waals surface area contributed by atoms with Crippen LogP contribution in [-0.2, 0) is 19.9 Å². The molecule has 1 aliphatic heterocycles. The van der Waals surface area contributed by atoms with Crippen LogP contribution in [0.1, 0.15) is 30.9 Å². The number of likely N-dealkylation sites (tertiary alicyclic amines) is 1. The van der Waals surface area contributed by atoms with E-state index in [2.05, 4.69) is 56.2 Å². The van der Waals surface area contributed by atoms with Gasteiger partial charge in [0, 0.05) is 37.9 Å². The fourth-order valence-electron chi connectivity index (χ4n) is 4.58. The van der Waals surface area contributed by atoms with Gasteiger partial charge in [0.05, 0.1) is 7.11 Å². The predicted octanol–water partition coefficient (Wildman–Crippen LogP) is 3.52. The third-order valence-corrected chi connectivity index (χ3v) is 6.57. The Morgan fingerprint density at radius 3 is 2.71 bits per heavy atom. The summed E-state index contributed by atoms with van der Waals surface area (Å²) < 4.78 is 6.87. The highest BCUT2D eigenvalue weighted by Gasteiger charge is 2.20. The number of rotatable bonds is 9. The van der Waals surface area contributed by atoms with Crippen LogP contribution in [0.4, 0.5) is 10.5 Å². The summed E-state index contributed by atoms with van der Waals surface area (Å²) >= 11 is 0. The molecule has 0 saturated carbocycles. The van der Waals surface area contributed by atoms with Crippen molar-refractivity contribution in [3.05, 3.63) is 53.6 Å². The maximum absolute atomic E-state index is 12.7. The molecule has 4 rings (SSSR count). The Bertz CT molecular complexity index is 1110. The number of anilines is 1. The molecule has 0 radical (unpaired) electrons. The van der Waals surface area contributed by atoms with E-state index >= 15 is 0 Å². The maximum Gasteiger partial charge on any atom is 0.319 e. The Hall–Kier alpha value is -3.46. The number of hydrogen-bond donors (Lipinski definition) is 2. The lowest BCUT2D eigenvalue weighted by molar-refractivity contribution is 0.174. The third-order valence-electron chi connectivity index (χ3n) is 6.57. The van der Waals surface area contributed by atoms with Crippen LogP contribution in [0.2, 0.25) is 0 Å². The molecule has 1 aliphatic rings. The average molecular weight is 478 g/mol. The van der Waals surface area contributed by atoms with E-state index in [1.54, 1.807) is 18.8 Å². The second-order valence-corrected chi connectivity index (χ2v) is 9.14. The molecule has 1 fully saturated rings. The maximum atomic E-state index is 12.7. The Kier molecular flexibility index (Phi) is 8.31. The van der Waals surface area contributed by atoms with Gasteiger partial charge >= 0.3 is 6.03 Å². The number of aryl methyl sites for hydroxylation is 2. The number of hydrogen-bond acceptors (Lipinski definition) is 6. The fraction of sp³-hybridized carbons (Fsp3) is 0.462. The van der Waals surface area contributed by atoms with Gasteiger partial charge in [-0.15, -0.1) is 5.10 Å². The number of carbonyl (C=O) groups excluding carboxylic acids is 1. The Balaban J connectivity index is 1.27. The van der Waals surface area contributed by atoms with Gasteiger partial charge in [0.15, 0.2) is 5.82 Å². The van der Waals surface area contributed by atoms with Gasteiger partial charge in [-0.1, -0.05) is 19.1 Å². The number of ether oxygens (including phenoxy) is 1. The summed E-state index contributed by atoms with van der Waals surface area (Å²) in [5, 5.41) is 17.8.